The molecule has 3 heterocycles. The molecule has 3 aliphatic rings. The van der Waals surface area contributed by atoms with E-state index < -0.39 is 35.4 Å². The third-order valence-electron chi connectivity index (χ3n) is 7.83. The van der Waals surface area contributed by atoms with Gasteiger partial charge in [0.1, 0.15) is 0 Å². The molecule has 1 atom stereocenters. The summed E-state index contributed by atoms with van der Waals surface area (Å²) in [6.07, 6.45) is -0.392. The molecule has 2 fully saturated rings. The van der Waals surface area contributed by atoms with Crippen LogP contribution in [-0.2, 0) is 20.7 Å². The van der Waals surface area contributed by atoms with Crippen molar-refractivity contribution < 1.29 is 23.9 Å². The number of imide groups is 2. The number of para-hydroxylation sites is 3. The summed E-state index contributed by atoms with van der Waals surface area (Å²) in [6, 6.07) is 23.6. The van der Waals surface area contributed by atoms with Gasteiger partial charge in [-0.25, -0.2) is 19.4 Å². The van der Waals surface area contributed by atoms with Crippen LogP contribution >= 0.6 is 0 Å². The van der Waals surface area contributed by atoms with Crippen molar-refractivity contribution in [2.24, 2.45) is 5.41 Å². The highest BCUT2D eigenvalue weighted by Gasteiger charge is 2.65. The lowest BCUT2D eigenvalue weighted by molar-refractivity contribution is -0.143. The molecule has 9 nitrogen and oxygen atoms in total. The second-order valence-corrected chi connectivity index (χ2v) is 9.87. The smallest absolute Gasteiger partial charge is 0.409 e. The van der Waals surface area contributed by atoms with Crippen molar-refractivity contribution in [3.05, 3.63) is 90.5 Å². The van der Waals surface area contributed by atoms with Crippen molar-refractivity contribution in [3.8, 4) is 0 Å². The Balaban J connectivity index is 1.56. The monoisotopic (exact) mass is 524 g/mol. The van der Waals surface area contributed by atoms with E-state index in [0.717, 1.165) is 21.1 Å². The standard InChI is InChI=1S/C30H28N4O5/c1-2-39-29(38)31-17-18-32-24-16-10-9-11-21(24)19-30(25(32)20-31)26(35)33(22-12-5-3-6-13-22)28(37)34(27(30)36)23-14-7-4-8-15-23/h3-16,25H,2,17-20H2,1H3/t25-/m0/s1. The average Bonchev–Trinajstić information content (AvgIpc) is 2.97. The average molecular weight is 525 g/mol. The van der Waals surface area contributed by atoms with Gasteiger partial charge in [0.25, 0.3) is 11.8 Å². The van der Waals surface area contributed by atoms with Crippen LogP contribution in [0.1, 0.15) is 12.5 Å². The Morgan fingerprint density at radius 2 is 1.38 bits per heavy atom. The number of rotatable bonds is 3. The number of nitrogens with zero attached hydrogens (tertiary/aromatic N) is 4. The number of anilines is 3. The molecular formula is C30H28N4O5. The Morgan fingerprint density at radius 1 is 0.821 bits per heavy atom. The van der Waals surface area contributed by atoms with Gasteiger partial charge in [-0.3, -0.25) is 9.59 Å². The summed E-state index contributed by atoms with van der Waals surface area (Å²) in [4.78, 5) is 61.9. The molecule has 6 rings (SSSR count). The van der Waals surface area contributed by atoms with Crippen LogP contribution in [-0.4, -0.2) is 61.1 Å². The molecule has 3 aromatic rings. The number of urea groups is 1. The summed E-state index contributed by atoms with van der Waals surface area (Å²) in [5.74, 6) is -1.18. The van der Waals surface area contributed by atoms with Gasteiger partial charge < -0.3 is 14.5 Å². The summed E-state index contributed by atoms with van der Waals surface area (Å²) >= 11 is 0. The van der Waals surface area contributed by atoms with Gasteiger partial charge in [-0.1, -0.05) is 54.6 Å². The zero-order valence-electron chi connectivity index (χ0n) is 21.5. The van der Waals surface area contributed by atoms with Crippen molar-refractivity contribution in [1.82, 2.24) is 4.90 Å². The molecule has 198 valence electrons. The van der Waals surface area contributed by atoms with Gasteiger partial charge in [-0.15, -0.1) is 0 Å². The first-order valence-electron chi connectivity index (χ1n) is 13.1. The maximum Gasteiger partial charge on any atom is 0.409 e. The number of hydrogen-bond donors (Lipinski definition) is 0. The van der Waals surface area contributed by atoms with Crippen LogP contribution in [0.25, 0.3) is 0 Å². The van der Waals surface area contributed by atoms with Crippen LogP contribution in [0.2, 0.25) is 0 Å². The summed E-state index contributed by atoms with van der Waals surface area (Å²) in [5, 5.41) is 0. The van der Waals surface area contributed by atoms with E-state index in [0.29, 0.717) is 24.5 Å². The first-order chi connectivity index (χ1) is 19.0. The maximum absolute atomic E-state index is 14.7. The Hall–Kier alpha value is -4.66. The van der Waals surface area contributed by atoms with E-state index in [4.69, 9.17) is 4.74 Å². The number of hydrogen-bond acceptors (Lipinski definition) is 6. The van der Waals surface area contributed by atoms with Crippen molar-refractivity contribution in [1.29, 1.82) is 0 Å². The van der Waals surface area contributed by atoms with Gasteiger partial charge in [0.05, 0.1) is 24.0 Å². The summed E-state index contributed by atoms with van der Waals surface area (Å²) in [7, 11) is 0. The summed E-state index contributed by atoms with van der Waals surface area (Å²) in [5.41, 5.74) is 0.855. The van der Waals surface area contributed by atoms with Gasteiger partial charge in [0.15, 0.2) is 5.41 Å². The number of benzene rings is 3. The van der Waals surface area contributed by atoms with Gasteiger partial charge in [-0.2, -0.15) is 0 Å². The number of fused-ring (bicyclic) bond motifs is 4. The quantitative estimate of drug-likeness (QED) is 0.480. The predicted molar refractivity (Wildman–Crippen MR) is 146 cm³/mol. The van der Waals surface area contributed by atoms with E-state index in [1.54, 1.807) is 72.5 Å². The molecule has 3 aliphatic heterocycles. The van der Waals surface area contributed by atoms with Crippen LogP contribution in [0.3, 0.4) is 0 Å². The van der Waals surface area contributed by atoms with Gasteiger partial charge in [0.2, 0.25) is 0 Å². The number of amides is 5. The molecule has 5 amide bonds. The number of piperazine rings is 1. The highest BCUT2D eigenvalue weighted by Crippen LogP contribution is 2.48. The zero-order chi connectivity index (χ0) is 27.1. The minimum Gasteiger partial charge on any atom is -0.450 e. The van der Waals surface area contributed by atoms with Crippen molar-refractivity contribution >= 4 is 41.0 Å². The minimum atomic E-state index is -1.67. The van der Waals surface area contributed by atoms with E-state index in [2.05, 4.69) is 0 Å². The normalized spacial score (nSPS) is 20.1. The SMILES string of the molecule is CCOC(=O)N1CCN2c3ccccc3CC3(C(=O)N(c4ccccc4)C(=O)N(c4ccccc4)C3=O)[C@@H]2C1. The Labute approximate surface area is 226 Å². The molecular weight excluding hydrogens is 496 g/mol. The molecule has 0 saturated carbocycles. The molecule has 3 aromatic carbocycles. The van der Waals surface area contributed by atoms with Gasteiger partial charge in [0, 0.05) is 25.3 Å². The molecule has 1 spiro atoms. The number of carbonyl (C=O) groups excluding carboxylic acids is 4. The highest BCUT2D eigenvalue weighted by molar-refractivity contribution is 6.39. The molecule has 0 radical (unpaired) electrons. The molecule has 0 N–H and O–H groups in total. The van der Waals surface area contributed by atoms with E-state index in [-0.39, 0.29) is 19.6 Å². The number of ether oxygens (including phenoxy) is 1. The molecule has 9 heteroatoms. The van der Waals surface area contributed by atoms with E-state index in [9.17, 15) is 19.2 Å². The van der Waals surface area contributed by atoms with Crippen molar-refractivity contribution in [3.63, 3.8) is 0 Å². The second kappa shape index (κ2) is 9.58. The predicted octanol–water partition coefficient (Wildman–Crippen LogP) is 4.08. The maximum atomic E-state index is 14.7. The Morgan fingerprint density at radius 3 is 1.97 bits per heavy atom. The van der Waals surface area contributed by atoms with E-state index in [1.807, 2.05) is 29.2 Å². The van der Waals surface area contributed by atoms with Crippen LogP contribution in [0.15, 0.2) is 84.9 Å². The third-order valence-corrected chi connectivity index (χ3v) is 7.83. The summed E-state index contributed by atoms with van der Waals surface area (Å²) < 4.78 is 5.28. The largest absolute Gasteiger partial charge is 0.450 e. The lowest BCUT2D eigenvalue weighted by Gasteiger charge is -2.56. The summed E-state index contributed by atoms with van der Waals surface area (Å²) in [6.45, 7) is 2.85. The van der Waals surface area contributed by atoms with Crippen LogP contribution in [0, 0.1) is 5.41 Å². The minimum absolute atomic E-state index is 0.0959. The van der Waals surface area contributed by atoms with E-state index in [1.165, 1.54) is 0 Å². The van der Waals surface area contributed by atoms with E-state index >= 15 is 0 Å². The Kier molecular flexibility index (Phi) is 6.06. The van der Waals surface area contributed by atoms with Crippen molar-refractivity contribution in [2.45, 2.75) is 19.4 Å². The fourth-order valence-electron chi connectivity index (χ4n) is 6.04. The molecule has 0 aliphatic carbocycles. The molecule has 0 unspecified atom stereocenters. The van der Waals surface area contributed by atoms with Crippen LogP contribution < -0.4 is 14.7 Å². The fourth-order valence-corrected chi connectivity index (χ4v) is 6.04. The molecule has 0 bridgehead atoms. The highest BCUT2D eigenvalue weighted by atomic mass is 16.6. The lowest BCUT2D eigenvalue weighted by atomic mass is 9.67. The molecule has 0 aromatic heterocycles. The first-order valence-corrected chi connectivity index (χ1v) is 13.1. The van der Waals surface area contributed by atoms with Crippen molar-refractivity contribution in [2.75, 3.05) is 40.9 Å². The van der Waals surface area contributed by atoms with Crippen LogP contribution in [0.5, 0.6) is 0 Å². The van der Waals surface area contributed by atoms with Gasteiger partial charge >= 0.3 is 12.1 Å². The molecule has 2 saturated heterocycles. The van der Waals surface area contributed by atoms with Gasteiger partial charge in [-0.05, 0) is 49.2 Å². The fraction of sp³-hybridized carbons (Fsp3) is 0.267. The number of barbiturate groups is 1. The lowest BCUT2D eigenvalue weighted by Crippen LogP contribution is -2.76. The third kappa shape index (κ3) is 3.76. The Bertz CT molecular complexity index is 1380. The van der Waals surface area contributed by atoms with Crippen LogP contribution in [0.4, 0.5) is 26.7 Å². The first kappa shape index (κ1) is 24.7. The zero-order valence-corrected chi connectivity index (χ0v) is 21.5. The topological polar surface area (TPSA) is 90.5 Å². The number of carbonyl (C=O) groups is 4. The molecule has 39 heavy (non-hydrogen) atoms. The second-order valence-electron chi connectivity index (χ2n) is 9.87.